The standard InChI is InChI=1S/C16H17BrN2O2S/c1-10-5-4-6-13(11(10)2)18-15(20)8-19(3)16(21)12-7-14(17)22-9-12/h4-7,9H,8H2,1-3H3,(H,18,20). The number of anilines is 1. The first-order valence-electron chi connectivity index (χ1n) is 6.74. The number of nitrogens with one attached hydrogen (secondary N) is 1. The van der Waals surface area contributed by atoms with E-state index in [9.17, 15) is 9.59 Å². The number of nitrogens with zero attached hydrogens (tertiary/aromatic N) is 1. The van der Waals surface area contributed by atoms with E-state index in [-0.39, 0.29) is 18.4 Å². The topological polar surface area (TPSA) is 49.4 Å². The van der Waals surface area contributed by atoms with Gasteiger partial charge in [0.1, 0.15) is 0 Å². The Hall–Kier alpha value is -1.66. The van der Waals surface area contributed by atoms with Crippen LogP contribution in [0.2, 0.25) is 0 Å². The number of hydrogen-bond donors (Lipinski definition) is 1. The number of likely N-dealkylation sites (N-methyl/N-ethyl adjacent to an activating group) is 1. The smallest absolute Gasteiger partial charge is 0.254 e. The Labute approximate surface area is 142 Å². The van der Waals surface area contributed by atoms with Crippen LogP contribution in [-0.4, -0.2) is 30.3 Å². The number of thiophene rings is 1. The zero-order valence-corrected chi connectivity index (χ0v) is 15.0. The van der Waals surface area contributed by atoms with Gasteiger partial charge in [-0.1, -0.05) is 12.1 Å². The molecule has 0 atom stereocenters. The van der Waals surface area contributed by atoms with Crippen LogP contribution in [0.4, 0.5) is 5.69 Å². The number of benzene rings is 1. The Kier molecular flexibility index (Phi) is 5.37. The molecule has 0 aliphatic heterocycles. The van der Waals surface area contributed by atoms with Crippen molar-refractivity contribution in [3.05, 3.63) is 50.1 Å². The molecular formula is C16H17BrN2O2S. The van der Waals surface area contributed by atoms with E-state index >= 15 is 0 Å². The van der Waals surface area contributed by atoms with Crippen LogP contribution in [0.3, 0.4) is 0 Å². The second kappa shape index (κ2) is 7.07. The molecular weight excluding hydrogens is 364 g/mol. The highest BCUT2D eigenvalue weighted by Crippen LogP contribution is 2.21. The lowest BCUT2D eigenvalue weighted by Crippen LogP contribution is -2.34. The third-order valence-corrected chi connectivity index (χ3v) is 4.93. The molecule has 1 heterocycles. The lowest BCUT2D eigenvalue weighted by atomic mass is 10.1. The van der Waals surface area contributed by atoms with E-state index in [1.807, 2.05) is 32.0 Å². The summed E-state index contributed by atoms with van der Waals surface area (Å²) in [6.07, 6.45) is 0. The Bertz CT molecular complexity index is 712. The minimum absolute atomic E-state index is 0.0136. The minimum atomic E-state index is -0.209. The van der Waals surface area contributed by atoms with Gasteiger partial charge in [-0.2, -0.15) is 0 Å². The van der Waals surface area contributed by atoms with Crippen LogP contribution in [0.1, 0.15) is 21.5 Å². The summed E-state index contributed by atoms with van der Waals surface area (Å²) in [6, 6.07) is 7.51. The summed E-state index contributed by atoms with van der Waals surface area (Å²) in [6.45, 7) is 3.97. The highest BCUT2D eigenvalue weighted by atomic mass is 79.9. The third kappa shape index (κ3) is 3.96. The fourth-order valence-corrected chi connectivity index (χ4v) is 3.14. The molecule has 2 aromatic rings. The predicted octanol–water partition coefficient (Wildman–Crippen LogP) is 3.84. The van der Waals surface area contributed by atoms with Crippen LogP contribution >= 0.6 is 27.3 Å². The summed E-state index contributed by atoms with van der Waals surface area (Å²) in [5.74, 6) is -0.378. The van der Waals surface area contributed by atoms with Gasteiger partial charge in [0.15, 0.2) is 0 Å². The summed E-state index contributed by atoms with van der Waals surface area (Å²) in [4.78, 5) is 25.7. The number of rotatable bonds is 4. The average molecular weight is 381 g/mol. The Morgan fingerprint density at radius 1 is 1.32 bits per heavy atom. The maximum absolute atomic E-state index is 12.2. The van der Waals surface area contributed by atoms with Gasteiger partial charge < -0.3 is 10.2 Å². The van der Waals surface area contributed by atoms with Gasteiger partial charge in [-0.05, 0) is 53.0 Å². The van der Waals surface area contributed by atoms with Crippen molar-refractivity contribution >= 4 is 44.8 Å². The Balaban J connectivity index is 1.99. The lowest BCUT2D eigenvalue weighted by Gasteiger charge is -2.17. The second-order valence-electron chi connectivity index (χ2n) is 5.10. The van der Waals surface area contributed by atoms with E-state index in [0.717, 1.165) is 20.6 Å². The SMILES string of the molecule is Cc1cccc(NC(=O)CN(C)C(=O)c2csc(Br)c2)c1C. The first-order valence-corrected chi connectivity index (χ1v) is 8.41. The van der Waals surface area contributed by atoms with Gasteiger partial charge >= 0.3 is 0 Å². The number of amides is 2. The van der Waals surface area contributed by atoms with E-state index in [4.69, 9.17) is 0 Å². The van der Waals surface area contributed by atoms with Crippen molar-refractivity contribution in [2.24, 2.45) is 0 Å². The van der Waals surface area contributed by atoms with Crippen molar-refractivity contribution in [1.82, 2.24) is 4.90 Å². The van der Waals surface area contributed by atoms with Gasteiger partial charge in [-0.3, -0.25) is 9.59 Å². The van der Waals surface area contributed by atoms with Crippen LogP contribution < -0.4 is 5.32 Å². The number of halogens is 1. The van der Waals surface area contributed by atoms with Crippen molar-refractivity contribution in [3.63, 3.8) is 0 Å². The number of hydrogen-bond acceptors (Lipinski definition) is 3. The van der Waals surface area contributed by atoms with E-state index in [1.165, 1.54) is 16.2 Å². The van der Waals surface area contributed by atoms with E-state index in [0.29, 0.717) is 5.56 Å². The zero-order chi connectivity index (χ0) is 16.3. The van der Waals surface area contributed by atoms with Crippen molar-refractivity contribution in [1.29, 1.82) is 0 Å². The van der Waals surface area contributed by atoms with Gasteiger partial charge in [0.25, 0.3) is 5.91 Å². The number of carbonyl (C=O) groups is 2. The Morgan fingerprint density at radius 2 is 2.05 bits per heavy atom. The molecule has 0 aliphatic carbocycles. The second-order valence-corrected chi connectivity index (χ2v) is 7.39. The molecule has 1 N–H and O–H groups in total. The van der Waals surface area contributed by atoms with Gasteiger partial charge in [0.05, 0.1) is 15.9 Å². The normalized spacial score (nSPS) is 10.4. The van der Waals surface area contributed by atoms with Gasteiger partial charge in [-0.25, -0.2) is 0 Å². The molecule has 0 saturated carbocycles. The molecule has 0 bridgehead atoms. The van der Waals surface area contributed by atoms with Crippen molar-refractivity contribution in [3.8, 4) is 0 Å². The third-order valence-electron chi connectivity index (χ3n) is 3.42. The van der Waals surface area contributed by atoms with Crippen molar-refractivity contribution < 1.29 is 9.59 Å². The van der Waals surface area contributed by atoms with Gasteiger partial charge in [0.2, 0.25) is 5.91 Å². The molecule has 1 aromatic carbocycles. The molecule has 22 heavy (non-hydrogen) atoms. The maximum Gasteiger partial charge on any atom is 0.254 e. The predicted molar refractivity (Wildman–Crippen MR) is 93.5 cm³/mol. The Morgan fingerprint density at radius 3 is 2.68 bits per heavy atom. The van der Waals surface area contributed by atoms with Crippen LogP contribution in [0.5, 0.6) is 0 Å². The lowest BCUT2D eigenvalue weighted by molar-refractivity contribution is -0.116. The highest BCUT2D eigenvalue weighted by molar-refractivity contribution is 9.11. The van der Waals surface area contributed by atoms with Crippen molar-refractivity contribution in [2.45, 2.75) is 13.8 Å². The molecule has 0 saturated heterocycles. The van der Waals surface area contributed by atoms with E-state index < -0.39 is 0 Å². The summed E-state index contributed by atoms with van der Waals surface area (Å²) in [5, 5.41) is 4.62. The molecule has 0 spiro atoms. The minimum Gasteiger partial charge on any atom is -0.332 e. The fraction of sp³-hybridized carbons (Fsp3) is 0.250. The zero-order valence-electron chi connectivity index (χ0n) is 12.6. The molecule has 2 rings (SSSR count). The summed E-state index contributed by atoms with van der Waals surface area (Å²) in [7, 11) is 1.62. The molecule has 0 aliphatic rings. The summed E-state index contributed by atoms with van der Waals surface area (Å²) < 4.78 is 0.893. The molecule has 2 amide bonds. The first-order chi connectivity index (χ1) is 10.4. The van der Waals surface area contributed by atoms with Crippen LogP contribution in [0.15, 0.2) is 33.4 Å². The molecule has 0 radical (unpaired) electrons. The van der Waals surface area contributed by atoms with Crippen LogP contribution in [0.25, 0.3) is 0 Å². The molecule has 4 nitrogen and oxygen atoms in total. The highest BCUT2D eigenvalue weighted by Gasteiger charge is 2.16. The monoisotopic (exact) mass is 380 g/mol. The average Bonchev–Trinajstić information content (AvgIpc) is 2.89. The van der Waals surface area contributed by atoms with Crippen LogP contribution in [-0.2, 0) is 4.79 Å². The van der Waals surface area contributed by atoms with Crippen LogP contribution in [0, 0.1) is 13.8 Å². The maximum atomic E-state index is 12.2. The number of aryl methyl sites for hydroxylation is 1. The fourth-order valence-electron chi connectivity index (χ4n) is 2.01. The molecule has 6 heteroatoms. The summed E-state index contributed by atoms with van der Waals surface area (Å²) in [5.41, 5.74) is 3.51. The first kappa shape index (κ1) is 16.7. The van der Waals surface area contributed by atoms with Crippen molar-refractivity contribution in [2.75, 3.05) is 18.9 Å². The molecule has 0 unspecified atom stereocenters. The largest absolute Gasteiger partial charge is 0.332 e. The molecule has 1 aromatic heterocycles. The summed E-state index contributed by atoms with van der Waals surface area (Å²) >= 11 is 4.77. The van der Waals surface area contributed by atoms with E-state index in [1.54, 1.807) is 18.5 Å². The quantitative estimate of drug-likeness (QED) is 0.875. The molecule has 116 valence electrons. The number of carbonyl (C=O) groups excluding carboxylic acids is 2. The molecule has 0 fully saturated rings. The van der Waals surface area contributed by atoms with Gasteiger partial charge in [-0.15, -0.1) is 11.3 Å². The van der Waals surface area contributed by atoms with Gasteiger partial charge in [0, 0.05) is 18.1 Å². The van der Waals surface area contributed by atoms with E-state index in [2.05, 4.69) is 21.2 Å².